The Morgan fingerprint density at radius 2 is 2.00 bits per heavy atom. The Kier molecular flexibility index (Phi) is 5.47. The molecule has 3 N–H and O–H groups in total. The highest BCUT2D eigenvalue weighted by Crippen LogP contribution is 2.30. The van der Waals surface area contributed by atoms with Gasteiger partial charge in [-0.2, -0.15) is 0 Å². The molecule has 7 nitrogen and oxygen atoms in total. The van der Waals surface area contributed by atoms with Crippen molar-refractivity contribution in [3.63, 3.8) is 0 Å². The van der Waals surface area contributed by atoms with Crippen LogP contribution in [0.3, 0.4) is 0 Å². The zero-order chi connectivity index (χ0) is 17.8. The maximum Gasteiger partial charge on any atom is 0.258 e. The zero-order valence-corrected chi connectivity index (χ0v) is 15.2. The van der Waals surface area contributed by atoms with Crippen LogP contribution in [0.5, 0.6) is 11.5 Å². The lowest BCUT2D eigenvalue weighted by atomic mass is 10.2. The predicted molar refractivity (Wildman–Crippen MR) is 101 cm³/mol. The number of H-pyrrole nitrogens is 1. The Hall–Kier alpha value is -2.22. The highest BCUT2D eigenvalue weighted by atomic mass is 32.2. The maximum absolute atomic E-state index is 12.3. The highest BCUT2D eigenvalue weighted by molar-refractivity contribution is 8.13. The van der Waals surface area contributed by atoms with Crippen molar-refractivity contribution in [3.8, 4) is 11.5 Å². The van der Waals surface area contributed by atoms with Crippen molar-refractivity contribution in [2.75, 3.05) is 14.2 Å². The molecular formula is C17H22N4O3S. The molecule has 25 heavy (non-hydrogen) atoms. The molecule has 1 heterocycles. The molecule has 1 fully saturated rings. The minimum atomic E-state index is -0.215. The van der Waals surface area contributed by atoms with E-state index < -0.39 is 0 Å². The van der Waals surface area contributed by atoms with E-state index in [-0.39, 0.29) is 5.56 Å². The second-order valence-corrected chi connectivity index (χ2v) is 6.93. The summed E-state index contributed by atoms with van der Waals surface area (Å²) in [6.07, 6.45) is 4.65. The van der Waals surface area contributed by atoms with Crippen LogP contribution in [0.1, 0.15) is 31.5 Å². The molecule has 1 aromatic heterocycles. The molecule has 1 saturated carbocycles. The molecule has 2 aromatic rings. The van der Waals surface area contributed by atoms with Crippen molar-refractivity contribution >= 4 is 27.8 Å². The van der Waals surface area contributed by atoms with E-state index in [9.17, 15) is 4.79 Å². The summed E-state index contributed by atoms with van der Waals surface area (Å²) in [5.74, 6) is 2.05. The van der Waals surface area contributed by atoms with Gasteiger partial charge in [-0.1, -0.05) is 24.6 Å². The average molecular weight is 362 g/mol. The number of methoxy groups -OCH3 is 2. The first-order valence-corrected chi connectivity index (χ1v) is 9.20. The topological polar surface area (TPSA) is 103 Å². The van der Waals surface area contributed by atoms with E-state index in [0.29, 0.717) is 45.2 Å². The molecule has 0 bridgehead atoms. The second-order valence-electron chi connectivity index (χ2n) is 5.93. The van der Waals surface area contributed by atoms with Crippen molar-refractivity contribution in [1.29, 1.82) is 0 Å². The molecule has 0 saturated heterocycles. The molecule has 1 aliphatic carbocycles. The van der Waals surface area contributed by atoms with Gasteiger partial charge in [0.2, 0.25) is 0 Å². The maximum atomic E-state index is 12.3. The lowest BCUT2D eigenvalue weighted by Crippen LogP contribution is -2.15. The van der Waals surface area contributed by atoms with E-state index >= 15 is 0 Å². The summed E-state index contributed by atoms with van der Waals surface area (Å²) in [5.41, 5.74) is 6.34. The Balaban J connectivity index is 1.81. The summed E-state index contributed by atoms with van der Waals surface area (Å²) >= 11 is 1.39. The number of aromatic amines is 1. The molecule has 0 aliphatic heterocycles. The van der Waals surface area contributed by atoms with Crippen LogP contribution < -0.4 is 20.8 Å². The van der Waals surface area contributed by atoms with Crippen LogP contribution in [-0.2, 0) is 5.75 Å². The fourth-order valence-corrected chi connectivity index (χ4v) is 3.62. The van der Waals surface area contributed by atoms with Crippen LogP contribution >= 0.6 is 11.8 Å². The van der Waals surface area contributed by atoms with E-state index in [2.05, 4.69) is 15.0 Å². The number of nitrogens with two attached hydrogens (primary N) is 1. The minimum absolute atomic E-state index is 0.215. The van der Waals surface area contributed by atoms with Gasteiger partial charge < -0.3 is 20.2 Å². The van der Waals surface area contributed by atoms with Crippen molar-refractivity contribution in [1.82, 2.24) is 9.97 Å². The van der Waals surface area contributed by atoms with Gasteiger partial charge >= 0.3 is 0 Å². The summed E-state index contributed by atoms with van der Waals surface area (Å²) < 4.78 is 10.5. The number of thioether (sulfide) groups is 1. The molecule has 134 valence electrons. The fraction of sp³-hybridized carbons (Fsp3) is 0.471. The van der Waals surface area contributed by atoms with E-state index in [1.807, 2.05) is 0 Å². The van der Waals surface area contributed by atoms with E-state index in [4.69, 9.17) is 15.2 Å². The van der Waals surface area contributed by atoms with Crippen molar-refractivity contribution in [2.45, 2.75) is 37.5 Å². The first-order chi connectivity index (χ1) is 12.1. The van der Waals surface area contributed by atoms with Gasteiger partial charge in [-0.15, -0.1) is 0 Å². The number of nitrogens with zero attached hydrogens (tertiary/aromatic N) is 2. The van der Waals surface area contributed by atoms with Crippen LogP contribution in [0.15, 0.2) is 21.9 Å². The van der Waals surface area contributed by atoms with Crippen molar-refractivity contribution in [2.24, 2.45) is 10.7 Å². The molecule has 1 aromatic carbocycles. The Morgan fingerprint density at radius 1 is 1.32 bits per heavy atom. The molecule has 0 amide bonds. The molecule has 0 radical (unpaired) electrons. The molecule has 0 unspecified atom stereocenters. The summed E-state index contributed by atoms with van der Waals surface area (Å²) in [5, 5.41) is 1.00. The minimum Gasteiger partial charge on any atom is -0.493 e. The van der Waals surface area contributed by atoms with Gasteiger partial charge in [0.25, 0.3) is 5.56 Å². The number of fused-ring (bicyclic) bond motifs is 1. The van der Waals surface area contributed by atoms with Gasteiger partial charge in [0, 0.05) is 6.07 Å². The molecular weight excluding hydrogens is 340 g/mol. The van der Waals surface area contributed by atoms with E-state index in [1.165, 1.54) is 31.7 Å². The van der Waals surface area contributed by atoms with Crippen molar-refractivity contribution < 1.29 is 9.47 Å². The summed E-state index contributed by atoms with van der Waals surface area (Å²) in [6, 6.07) is 3.67. The number of rotatable bonds is 5. The Labute approximate surface area is 150 Å². The van der Waals surface area contributed by atoms with Gasteiger partial charge in [0.15, 0.2) is 16.7 Å². The van der Waals surface area contributed by atoms with Gasteiger partial charge in [-0.25, -0.2) is 4.98 Å². The Morgan fingerprint density at radius 3 is 2.68 bits per heavy atom. The van der Waals surface area contributed by atoms with Gasteiger partial charge in [-0.05, 0) is 18.9 Å². The largest absolute Gasteiger partial charge is 0.493 e. The van der Waals surface area contributed by atoms with Crippen molar-refractivity contribution in [3.05, 3.63) is 28.3 Å². The molecule has 0 spiro atoms. The normalized spacial score (nSPS) is 15.7. The van der Waals surface area contributed by atoms with Crippen LogP contribution in [0.25, 0.3) is 10.9 Å². The summed E-state index contributed by atoms with van der Waals surface area (Å²) in [7, 11) is 3.08. The third-order valence-electron chi connectivity index (χ3n) is 4.25. The van der Waals surface area contributed by atoms with E-state index in [0.717, 1.165) is 12.8 Å². The van der Waals surface area contributed by atoms with Crippen LogP contribution in [0.2, 0.25) is 0 Å². The number of hydrogen-bond acceptors (Lipinski definition) is 6. The SMILES string of the molecule is COc1cc2nc(CSC(N)=NC3CCCC3)[nH]c(=O)c2cc1OC. The van der Waals surface area contributed by atoms with Crippen LogP contribution in [0, 0.1) is 0 Å². The lowest BCUT2D eigenvalue weighted by molar-refractivity contribution is 0.355. The van der Waals surface area contributed by atoms with Gasteiger partial charge in [0.1, 0.15) is 5.82 Å². The Bertz CT molecular complexity index is 844. The smallest absolute Gasteiger partial charge is 0.258 e. The number of amidine groups is 1. The van der Waals surface area contributed by atoms with Gasteiger partial charge in [0.05, 0.1) is 36.9 Å². The molecule has 3 rings (SSSR count). The van der Waals surface area contributed by atoms with Crippen LogP contribution in [-0.4, -0.2) is 35.4 Å². The monoisotopic (exact) mass is 362 g/mol. The standard InChI is InChI=1S/C17H22N4O3S/c1-23-13-7-11-12(8-14(13)24-2)20-15(21-16(11)22)9-25-17(18)19-10-5-3-4-6-10/h7-8,10H,3-6,9H2,1-2H3,(H2,18,19)(H,20,21,22). The molecule has 0 atom stereocenters. The molecule has 8 heteroatoms. The third kappa shape index (κ3) is 4.07. The average Bonchev–Trinajstić information content (AvgIpc) is 3.11. The first-order valence-electron chi connectivity index (χ1n) is 8.21. The third-order valence-corrected chi connectivity index (χ3v) is 5.07. The number of ether oxygens (including phenoxy) is 2. The lowest BCUT2D eigenvalue weighted by Gasteiger charge is -2.09. The van der Waals surface area contributed by atoms with Crippen LogP contribution in [0.4, 0.5) is 0 Å². The summed E-state index contributed by atoms with van der Waals surface area (Å²) in [4.78, 5) is 24.1. The van der Waals surface area contributed by atoms with E-state index in [1.54, 1.807) is 19.2 Å². The molecule has 1 aliphatic rings. The number of nitrogens with one attached hydrogen (secondary N) is 1. The summed E-state index contributed by atoms with van der Waals surface area (Å²) in [6.45, 7) is 0. The number of aliphatic imine (C=N–C) groups is 1. The van der Waals surface area contributed by atoms with Gasteiger partial charge in [-0.3, -0.25) is 9.79 Å². The zero-order valence-electron chi connectivity index (χ0n) is 14.4. The fourth-order valence-electron chi connectivity index (χ4n) is 2.98. The highest BCUT2D eigenvalue weighted by Gasteiger charge is 2.15. The number of aromatic nitrogens is 2. The second kappa shape index (κ2) is 7.77. The quantitative estimate of drug-likeness (QED) is 0.625. The number of hydrogen-bond donors (Lipinski definition) is 2. The predicted octanol–water partition coefficient (Wildman–Crippen LogP) is 2.43. The number of benzene rings is 1. The first kappa shape index (κ1) is 17.6.